The van der Waals surface area contributed by atoms with Gasteiger partial charge in [-0.25, -0.2) is 15.0 Å². The van der Waals surface area contributed by atoms with Crippen LogP contribution in [0.5, 0.6) is 0 Å². The van der Waals surface area contributed by atoms with Crippen molar-refractivity contribution in [3.63, 3.8) is 0 Å². The highest BCUT2D eigenvalue weighted by atomic mass is 19.4. The molecule has 0 radical (unpaired) electrons. The normalized spacial score (nSPS) is 12.5. The van der Waals surface area contributed by atoms with E-state index in [-0.39, 0.29) is 68.2 Å². The first-order chi connectivity index (χ1) is 33.7. The van der Waals surface area contributed by atoms with E-state index < -0.39 is 47.0 Å². The third-order valence-corrected chi connectivity index (χ3v) is 11.9. The molecule has 4 nitrogen and oxygen atoms in total. The summed E-state index contributed by atoms with van der Waals surface area (Å²) in [5, 5.41) is 0.813. The van der Waals surface area contributed by atoms with Gasteiger partial charge in [-0.05, 0) is 95.1 Å². The summed E-state index contributed by atoms with van der Waals surface area (Å²) in [5.74, 6) is 0.607. The van der Waals surface area contributed by atoms with Gasteiger partial charge < -0.3 is 4.57 Å². The molecule has 2 aromatic heterocycles. The van der Waals surface area contributed by atoms with E-state index in [0.29, 0.717) is 45.1 Å². The van der Waals surface area contributed by atoms with Gasteiger partial charge in [0.2, 0.25) is 0 Å². The van der Waals surface area contributed by atoms with Crippen LogP contribution in [0.2, 0.25) is 0 Å². The van der Waals surface area contributed by atoms with Crippen LogP contribution < -0.4 is 0 Å². The standard InChI is InChI=1S/C55H30F12N4/c56-52(57,58)38-20-15-31(16-21-38)43-28-37(51-69-49(33-9-3-1-4-10-33)68-50(70-51)34-11-5-2-6-12-34)29-44(32-17-22-39(23-18-32)53(59,60)61)48(43)71-46-14-8-7-13-42(46)45-27-35(19-24-47(45)71)36-25-40(54(62,63)64)30-41(26-36)55(65,66)67/h1-30H. The molecule has 0 bridgehead atoms. The second-order valence-electron chi connectivity index (χ2n) is 16.5. The molecule has 0 unspecified atom stereocenters. The van der Waals surface area contributed by atoms with Gasteiger partial charge in [0.25, 0.3) is 0 Å². The average molecular weight is 975 g/mol. The molecule has 0 aliphatic carbocycles. The van der Waals surface area contributed by atoms with Gasteiger partial charge in [-0.1, -0.05) is 109 Å². The van der Waals surface area contributed by atoms with Gasteiger partial charge in [0.05, 0.1) is 39.0 Å². The quantitative estimate of drug-likeness (QED) is 0.150. The van der Waals surface area contributed by atoms with E-state index in [2.05, 4.69) is 0 Å². The number of rotatable bonds is 7. The lowest BCUT2D eigenvalue weighted by atomic mass is 9.91. The minimum absolute atomic E-state index is 0.00319. The molecule has 0 aliphatic rings. The number of benzene rings is 8. The average Bonchev–Trinajstić information content (AvgIpc) is 3.68. The van der Waals surface area contributed by atoms with Gasteiger partial charge in [-0.2, -0.15) is 52.7 Å². The molecule has 0 fully saturated rings. The lowest BCUT2D eigenvalue weighted by Crippen LogP contribution is -2.11. The lowest BCUT2D eigenvalue weighted by Gasteiger charge is -2.21. The molecular formula is C55H30F12N4. The van der Waals surface area contributed by atoms with Gasteiger partial charge >= 0.3 is 24.7 Å². The minimum Gasteiger partial charge on any atom is -0.308 e. The Kier molecular flexibility index (Phi) is 11.3. The molecule has 71 heavy (non-hydrogen) atoms. The number of nitrogens with zero attached hydrogens (tertiary/aromatic N) is 4. The molecule has 0 saturated heterocycles. The van der Waals surface area contributed by atoms with Gasteiger partial charge in [0.15, 0.2) is 17.5 Å². The van der Waals surface area contributed by atoms with E-state index in [0.717, 1.165) is 24.3 Å². The maximum atomic E-state index is 14.1. The number of hydrogen-bond donors (Lipinski definition) is 0. The molecule has 10 rings (SSSR count). The highest BCUT2D eigenvalue weighted by Crippen LogP contribution is 2.46. The molecule has 0 saturated carbocycles. The predicted molar refractivity (Wildman–Crippen MR) is 247 cm³/mol. The molecule has 0 amide bonds. The Morgan fingerprint density at radius 2 is 0.676 bits per heavy atom. The van der Waals surface area contributed by atoms with E-state index in [1.165, 1.54) is 42.5 Å². The SMILES string of the molecule is FC(F)(F)c1ccc(-c2cc(-c3nc(-c4ccccc4)nc(-c4ccccc4)n3)cc(-c3ccc(C(F)(F)F)cc3)c2-n2c3ccccc3c3cc(-c4cc(C(F)(F)F)cc(C(F)(F)F)c4)ccc32)cc1. The Morgan fingerprint density at radius 1 is 0.282 bits per heavy atom. The van der Waals surface area contributed by atoms with Crippen LogP contribution in [-0.4, -0.2) is 19.5 Å². The molecule has 0 aliphatic heterocycles. The van der Waals surface area contributed by atoms with Crippen LogP contribution in [0.15, 0.2) is 182 Å². The van der Waals surface area contributed by atoms with Crippen LogP contribution in [-0.2, 0) is 24.7 Å². The van der Waals surface area contributed by atoms with Crippen LogP contribution >= 0.6 is 0 Å². The second-order valence-corrected chi connectivity index (χ2v) is 16.5. The number of alkyl halides is 12. The first-order valence-corrected chi connectivity index (χ1v) is 21.4. The molecule has 8 aromatic carbocycles. The van der Waals surface area contributed by atoms with Crippen molar-refractivity contribution in [1.82, 2.24) is 19.5 Å². The Labute approximate surface area is 395 Å². The first kappa shape index (κ1) is 46.5. The molecule has 0 spiro atoms. The zero-order valence-corrected chi connectivity index (χ0v) is 36.1. The molecule has 16 heteroatoms. The summed E-state index contributed by atoms with van der Waals surface area (Å²) in [6.07, 6.45) is -19.7. The molecule has 354 valence electrons. The Morgan fingerprint density at radius 3 is 1.13 bits per heavy atom. The van der Waals surface area contributed by atoms with Gasteiger partial charge in [-0.15, -0.1) is 0 Å². The minimum atomic E-state index is -5.13. The van der Waals surface area contributed by atoms with Crippen molar-refractivity contribution in [2.45, 2.75) is 24.7 Å². The van der Waals surface area contributed by atoms with E-state index in [4.69, 9.17) is 15.0 Å². The maximum absolute atomic E-state index is 14.1. The fourth-order valence-electron chi connectivity index (χ4n) is 8.57. The van der Waals surface area contributed by atoms with Crippen molar-refractivity contribution < 1.29 is 52.7 Å². The van der Waals surface area contributed by atoms with E-state index in [1.54, 1.807) is 102 Å². The summed E-state index contributed by atoms with van der Waals surface area (Å²) in [5.41, 5.74) is -1.92. The van der Waals surface area contributed by atoms with E-state index in [9.17, 15) is 52.7 Å². The van der Waals surface area contributed by atoms with Crippen LogP contribution in [0.1, 0.15) is 22.3 Å². The highest BCUT2D eigenvalue weighted by molar-refractivity contribution is 6.12. The fraction of sp³-hybridized carbons (Fsp3) is 0.0727. The van der Waals surface area contributed by atoms with Gasteiger partial charge in [0, 0.05) is 38.6 Å². The summed E-state index contributed by atoms with van der Waals surface area (Å²) < 4.78 is 171. The summed E-state index contributed by atoms with van der Waals surface area (Å²) in [6.45, 7) is 0. The van der Waals surface area contributed by atoms with Crippen LogP contribution in [0.3, 0.4) is 0 Å². The molecule has 2 heterocycles. The smallest absolute Gasteiger partial charge is 0.308 e. The second kappa shape index (κ2) is 17.3. The van der Waals surface area contributed by atoms with Gasteiger partial charge in [-0.3, -0.25) is 0 Å². The predicted octanol–water partition coefficient (Wildman–Crippen LogP) is 17.0. The van der Waals surface area contributed by atoms with Crippen LogP contribution in [0.25, 0.3) is 95.0 Å². The Bertz CT molecular complexity index is 3450. The maximum Gasteiger partial charge on any atom is 0.416 e. The summed E-state index contributed by atoms with van der Waals surface area (Å²) in [6, 6.07) is 42.0. The van der Waals surface area contributed by atoms with E-state index >= 15 is 0 Å². The Balaban J connectivity index is 1.30. The number of halogens is 12. The zero-order chi connectivity index (χ0) is 50.0. The fourth-order valence-corrected chi connectivity index (χ4v) is 8.57. The van der Waals surface area contributed by atoms with Crippen molar-refractivity contribution in [3.05, 3.63) is 204 Å². The monoisotopic (exact) mass is 974 g/mol. The zero-order valence-electron chi connectivity index (χ0n) is 36.1. The topological polar surface area (TPSA) is 43.6 Å². The largest absolute Gasteiger partial charge is 0.416 e. The summed E-state index contributed by atoms with van der Waals surface area (Å²) >= 11 is 0. The first-order valence-electron chi connectivity index (χ1n) is 21.4. The molecular weight excluding hydrogens is 945 g/mol. The van der Waals surface area contributed by atoms with Crippen molar-refractivity contribution in [2.24, 2.45) is 0 Å². The molecule has 0 atom stereocenters. The third kappa shape index (κ3) is 9.08. The van der Waals surface area contributed by atoms with Crippen molar-refractivity contribution in [1.29, 1.82) is 0 Å². The lowest BCUT2D eigenvalue weighted by molar-refractivity contribution is -0.143. The van der Waals surface area contributed by atoms with Crippen molar-refractivity contribution >= 4 is 21.8 Å². The summed E-state index contributed by atoms with van der Waals surface area (Å²) in [7, 11) is 0. The van der Waals surface area contributed by atoms with Crippen LogP contribution in [0, 0.1) is 0 Å². The number of hydrogen-bond acceptors (Lipinski definition) is 3. The van der Waals surface area contributed by atoms with Crippen LogP contribution in [0.4, 0.5) is 52.7 Å². The Hall–Kier alpha value is -8.27. The summed E-state index contributed by atoms with van der Waals surface area (Å²) in [4.78, 5) is 14.5. The molecule has 10 aromatic rings. The van der Waals surface area contributed by atoms with Crippen molar-refractivity contribution in [2.75, 3.05) is 0 Å². The van der Waals surface area contributed by atoms with E-state index in [1.807, 2.05) is 0 Å². The molecule has 0 N–H and O–H groups in total. The number of para-hydroxylation sites is 1. The highest BCUT2D eigenvalue weighted by Gasteiger charge is 2.37. The third-order valence-electron chi connectivity index (χ3n) is 11.9. The van der Waals surface area contributed by atoms with Crippen molar-refractivity contribution in [3.8, 4) is 73.2 Å². The van der Waals surface area contributed by atoms with Gasteiger partial charge in [0.1, 0.15) is 0 Å². The number of fused-ring (bicyclic) bond motifs is 3. The number of aromatic nitrogens is 4.